The summed E-state index contributed by atoms with van der Waals surface area (Å²) in [6.45, 7) is 1.55. The summed E-state index contributed by atoms with van der Waals surface area (Å²) in [6.07, 6.45) is -0.732. The molecule has 0 spiro atoms. The molecule has 17 heavy (non-hydrogen) atoms. The van der Waals surface area contributed by atoms with Gasteiger partial charge in [0.2, 0.25) is 5.91 Å². The number of likely N-dealkylation sites (tertiary alicyclic amines) is 1. The number of amides is 1. The number of carboxylic acids is 1. The normalized spacial score (nSPS) is 25.9. The van der Waals surface area contributed by atoms with E-state index in [0.717, 1.165) is 4.90 Å². The van der Waals surface area contributed by atoms with Gasteiger partial charge in [0.15, 0.2) is 0 Å². The van der Waals surface area contributed by atoms with E-state index >= 15 is 0 Å². The minimum Gasteiger partial charge on any atom is -1.00 e. The first-order chi connectivity index (χ1) is 7.47. The fraction of sp³-hybridized carbons (Fsp3) is 0.800. The first-order valence-corrected chi connectivity index (χ1v) is 5.88. The van der Waals surface area contributed by atoms with E-state index in [9.17, 15) is 14.0 Å². The SMILES string of the molecule is CC(CS)C(=O)N1CC(F)CCC1C(=O)O.[H-].[Na+]. The van der Waals surface area contributed by atoms with Crippen molar-refractivity contribution in [1.29, 1.82) is 0 Å². The van der Waals surface area contributed by atoms with Crippen molar-refractivity contribution in [2.24, 2.45) is 5.92 Å². The van der Waals surface area contributed by atoms with Crippen LogP contribution in [0.25, 0.3) is 0 Å². The number of thiol groups is 1. The molecular formula is C10H17FNNaO3S. The van der Waals surface area contributed by atoms with Crippen molar-refractivity contribution in [3.63, 3.8) is 0 Å². The number of halogens is 1. The van der Waals surface area contributed by atoms with Crippen LogP contribution in [-0.2, 0) is 9.59 Å². The molecule has 4 nitrogen and oxygen atoms in total. The Hall–Kier alpha value is 0.220. The third-order valence-electron chi connectivity index (χ3n) is 2.79. The van der Waals surface area contributed by atoms with E-state index in [4.69, 9.17) is 5.11 Å². The van der Waals surface area contributed by atoms with Crippen molar-refractivity contribution < 1.29 is 50.1 Å². The second-order valence-electron chi connectivity index (χ2n) is 4.10. The number of hydrogen-bond acceptors (Lipinski definition) is 3. The molecule has 1 saturated heterocycles. The predicted octanol–water partition coefficient (Wildman–Crippen LogP) is -1.92. The molecule has 0 radical (unpaired) electrons. The Morgan fingerprint density at radius 1 is 1.59 bits per heavy atom. The summed E-state index contributed by atoms with van der Waals surface area (Å²) in [6, 6.07) is -0.887. The molecule has 94 valence electrons. The Labute approximate surface area is 129 Å². The van der Waals surface area contributed by atoms with Crippen molar-refractivity contribution in [1.82, 2.24) is 4.90 Å². The van der Waals surface area contributed by atoms with Gasteiger partial charge in [-0.05, 0) is 12.8 Å². The summed E-state index contributed by atoms with van der Waals surface area (Å²) in [5.74, 6) is -1.44. The number of piperidine rings is 1. The Morgan fingerprint density at radius 2 is 2.18 bits per heavy atom. The van der Waals surface area contributed by atoms with Crippen LogP contribution in [0.2, 0.25) is 0 Å². The van der Waals surface area contributed by atoms with Crippen molar-refractivity contribution >= 4 is 24.5 Å². The number of rotatable bonds is 3. The molecule has 0 aromatic heterocycles. The fourth-order valence-corrected chi connectivity index (χ4v) is 1.94. The van der Waals surface area contributed by atoms with Crippen LogP contribution in [-0.4, -0.2) is 46.4 Å². The Bertz CT molecular complexity index is 298. The maximum Gasteiger partial charge on any atom is 1.00 e. The molecule has 0 aromatic rings. The maximum absolute atomic E-state index is 13.2. The monoisotopic (exact) mass is 273 g/mol. The average Bonchev–Trinajstić information content (AvgIpc) is 2.26. The molecule has 0 saturated carbocycles. The van der Waals surface area contributed by atoms with Crippen LogP contribution in [0.1, 0.15) is 21.2 Å². The number of aliphatic carboxylic acids is 1. The summed E-state index contributed by atoms with van der Waals surface area (Å²) in [7, 11) is 0. The summed E-state index contributed by atoms with van der Waals surface area (Å²) >= 11 is 3.99. The molecule has 1 fully saturated rings. The first kappa shape index (κ1) is 17.2. The van der Waals surface area contributed by atoms with Gasteiger partial charge >= 0.3 is 35.5 Å². The summed E-state index contributed by atoms with van der Waals surface area (Å²) < 4.78 is 13.2. The van der Waals surface area contributed by atoms with Crippen molar-refractivity contribution in [2.45, 2.75) is 32.0 Å². The van der Waals surface area contributed by atoms with Gasteiger partial charge in [0.1, 0.15) is 12.2 Å². The standard InChI is InChI=1S/C10H16FNO3S.Na.H/c1-6(5-16)9(13)12-4-7(11)2-3-8(12)10(14)15;;/h6-8,16H,2-5H2,1H3,(H,14,15);;/q;+1;-1. The molecule has 3 atom stereocenters. The molecule has 0 bridgehead atoms. The van der Waals surface area contributed by atoms with Crippen molar-refractivity contribution in [2.75, 3.05) is 12.3 Å². The zero-order chi connectivity index (χ0) is 12.3. The van der Waals surface area contributed by atoms with Gasteiger partial charge in [-0.1, -0.05) is 6.92 Å². The fourth-order valence-electron chi connectivity index (χ4n) is 1.79. The molecule has 3 unspecified atom stereocenters. The molecule has 0 aliphatic carbocycles. The molecule has 1 N–H and O–H groups in total. The molecule has 7 heteroatoms. The summed E-state index contributed by atoms with van der Waals surface area (Å²) in [4.78, 5) is 23.9. The van der Waals surface area contributed by atoms with Crippen molar-refractivity contribution in [3.8, 4) is 0 Å². The van der Waals surface area contributed by atoms with E-state index in [1.807, 2.05) is 0 Å². The Kier molecular flexibility index (Phi) is 7.71. The molecular weight excluding hydrogens is 256 g/mol. The van der Waals surface area contributed by atoms with E-state index in [1.165, 1.54) is 0 Å². The van der Waals surface area contributed by atoms with Crippen LogP contribution in [0.3, 0.4) is 0 Å². The number of alkyl halides is 1. The number of carbonyl (C=O) groups is 2. The van der Waals surface area contributed by atoms with Crippen LogP contribution >= 0.6 is 12.6 Å². The topological polar surface area (TPSA) is 57.6 Å². The largest absolute Gasteiger partial charge is 1.00 e. The van der Waals surface area contributed by atoms with Gasteiger partial charge in [-0.15, -0.1) is 0 Å². The van der Waals surface area contributed by atoms with Crippen molar-refractivity contribution in [3.05, 3.63) is 0 Å². The number of hydrogen-bond donors (Lipinski definition) is 2. The molecule has 1 heterocycles. The second-order valence-corrected chi connectivity index (χ2v) is 4.47. The summed E-state index contributed by atoms with van der Waals surface area (Å²) in [5.41, 5.74) is 0. The Morgan fingerprint density at radius 3 is 2.65 bits per heavy atom. The average molecular weight is 273 g/mol. The van der Waals surface area contributed by atoms with Gasteiger partial charge in [-0.2, -0.15) is 12.6 Å². The minimum atomic E-state index is -1.12. The van der Waals surface area contributed by atoms with Gasteiger partial charge in [-0.25, -0.2) is 9.18 Å². The minimum absolute atomic E-state index is 0. The number of nitrogens with zero attached hydrogens (tertiary/aromatic N) is 1. The van der Waals surface area contributed by atoms with E-state index in [-0.39, 0.29) is 62.2 Å². The zero-order valence-corrected chi connectivity index (χ0v) is 13.0. The maximum atomic E-state index is 13.2. The third kappa shape index (κ3) is 4.43. The van der Waals surface area contributed by atoms with Gasteiger partial charge in [0.05, 0.1) is 6.54 Å². The zero-order valence-electron chi connectivity index (χ0n) is 11.1. The van der Waals surface area contributed by atoms with E-state index in [2.05, 4.69) is 12.6 Å². The smallest absolute Gasteiger partial charge is 1.00 e. The molecule has 1 aliphatic rings. The quantitative estimate of drug-likeness (QED) is 0.466. The van der Waals surface area contributed by atoms with E-state index < -0.39 is 18.2 Å². The number of carboxylic acid groups (broad SMARTS) is 1. The van der Waals surface area contributed by atoms with Gasteiger partial charge in [-0.3, -0.25) is 4.79 Å². The Balaban J connectivity index is 0. The summed E-state index contributed by atoms with van der Waals surface area (Å²) in [5, 5.41) is 8.96. The van der Waals surface area contributed by atoms with Crippen LogP contribution in [0, 0.1) is 5.92 Å². The third-order valence-corrected chi connectivity index (χ3v) is 3.34. The predicted molar refractivity (Wildman–Crippen MR) is 61.4 cm³/mol. The van der Waals surface area contributed by atoms with Gasteiger partial charge in [0.25, 0.3) is 0 Å². The molecule has 1 amide bonds. The van der Waals surface area contributed by atoms with Crippen LogP contribution < -0.4 is 29.6 Å². The molecule has 1 rings (SSSR count). The van der Waals surface area contributed by atoms with Crippen LogP contribution in [0.4, 0.5) is 4.39 Å². The van der Waals surface area contributed by atoms with Gasteiger partial charge < -0.3 is 11.4 Å². The number of carbonyl (C=O) groups excluding carboxylic acids is 1. The van der Waals surface area contributed by atoms with Crippen LogP contribution in [0.5, 0.6) is 0 Å². The first-order valence-electron chi connectivity index (χ1n) is 5.25. The van der Waals surface area contributed by atoms with Gasteiger partial charge in [0, 0.05) is 11.7 Å². The van der Waals surface area contributed by atoms with Crippen LogP contribution in [0.15, 0.2) is 0 Å². The molecule has 0 aromatic carbocycles. The van der Waals surface area contributed by atoms with E-state index in [0.29, 0.717) is 5.75 Å². The van der Waals surface area contributed by atoms with E-state index in [1.54, 1.807) is 6.92 Å². The molecule has 1 aliphatic heterocycles. The second kappa shape index (κ2) is 7.61.